The zero-order valence-corrected chi connectivity index (χ0v) is 18.8. The molecule has 2 heterocycles. The summed E-state index contributed by atoms with van der Waals surface area (Å²) in [7, 11) is 0. The molecular weight excluding hydrogens is 404 g/mol. The molecule has 0 atom stereocenters. The molecule has 1 fully saturated rings. The molecule has 0 bridgehead atoms. The highest BCUT2D eigenvalue weighted by Crippen LogP contribution is 2.19. The highest BCUT2D eigenvalue weighted by molar-refractivity contribution is 5.81. The van der Waals surface area contributed by atoms with Crippen molar-refractivity contribution in [1.82, 2.24) is 19.8 Å². The third-order valence-electron chi connectivity index (χ3n) is 5.88. The predicted molar refractivity (Wildman–Crippen MR) is 123 cm³/mol. The van der Waals surface area contributed by atoms with Crippen molar-refractivity contribution in [3.63, 3.8) is 0 Å². The standard InChI is InChI=1S/C25H30N4O3/c1-18-10-11-19(2)22(14-18)32-17-24(30)26-15-23-27-20-8-4-5-9-21(20)29(23)16-25(31)28-12-6-3-7-13-28/h4-5,8-11,14H,3,6-7,12-13,15-17H2,1-2H3,(H,26,30). The van der Waals surface area contributed by atoms with Gasteiger partial charge in [0.2, 0.25) is 5.91 Å². The summed E-state index contributed by atoms with van der Waals surface area (Å²) in [5.74, 6) is 1.24. The number of nitrogens with zero attached hydrogens (tertiary/aromatic N) is 3. The van der Waals surface area contributed by atoms with Crippen LogP contribution in [0.25, 0.3) is 11.0 Å². The summed E-state index contributed by atoms with van der Waals surface area (Å²) in [4.78, 5) is 31.9. The van der Waals surface area contributed by atoms with Crippen LogP contribution in [-0.4, -0.2) is 46.0 Å². The van der Waals surface area contributed by atoms with Gasteiger partial charge in [0.1, 0.15) is 18.1 Å². The van der Waals surface area contributed by atoms with Gasteiger partial charge in [-0.2, -0.15) is 0 Å². The van der Waals surface area contributed by atoms with Crippen LogP contribution in [0.5, 0.6) is 5.75 Å². The first kappa shape index (κ1) is 21.9. The molecule has 7 heteroatoms. The van der Waals surface area contributed by atoms with E-state index in [1.807, 2.05) is 65.8 Å². The Morgan fingerprint density at radius 3 is 2.66 bits per heavy atom. The second kappa shape index (κ2) is 9.85. The Bertz CT molecular complexity index is 1120. The number of hydrogen-bond acceptors (Lipinski definition) is 4. The minimum absolute atomic E-state index is 0.0722. The number of carbonyl (C=O) groups is 2. The number of carbonyl (C=O) groups excluding carboxylic acids is 2. The third kappa shape index (κ3) is 5.10. The first-order valence-corrected chi connectivity index (χ1v) is 11.2. The molecule has 4 rings (SSSR count). The van der Waals surface area contributed by atoms with Crippen molar-refractivity contribution in [3.05, 3.63) is 59.4 Å². The van der Waals surface area contributed by atoms with Crippen molar-refractivity contribution in [2.24, 2.45) is 0 Å². The number of para-hydroxylation sites is 2. The molecule has 0 aliphatic carbocycles. The molecule has 2 aromatic carbocycles. The minimum atomic E-state index is -0.230. The molecule has 32 heavy (non-hydrogen) atoms. The monoisotopic (exact) mass is 434 g/mol. The summed E-state index contributed by atoms with van der Waals surface area (Å²) < 4.78 is 7.62. The second-order valence-electron chi connectivity index (χ2n) is 8.38. The maximum absolute atomic E-state index is 12.9. The van der Waals surface area contributed by atoms with Crippen molar-refractivity contribution >= 4 is 22.8 Å². The van der Waals surface area contributed by atoms with Crippen LogP contribution in [0.2, 0.25) is 0 Å². The van der Waals surface area contributed by atoms with Gasteiger partial charge in [-0.3, -0.25) is 9.59 Å². The van der Waals surface area contributed by atoms with Gasteiger partial charge >= 0.3 is 0 Å². The van der Waals surface area contributed by atoms with Crippen LogP contribution in [0.1, 0.15) is 36.2 Å². The van der Waals surface area contributed by atoms with E-state index < -0.39 is 0 Å². The highest BCUT2D eigenvalue weighted by Gasteiger charge is 2.20. The molecule has 0 unspecified atom stereocenters. The Hall–Kier alpha value is -3.35. The van der Waals surface area contributed by atoms with Crippen molar-refractivity contribution in [1.29, 1.82) is 0 Å². The number of rotatable bonds is 7. The lowest BCUT2D eigenvalue weighted by Gasteiger charge is -2.27. The van der Waals surface area contributed by atoms with Gasteiger partial charge in [-0.05, 0) is 62.4 Å². The fourth-order valence-corrected chi connectivity index (χ4v) is 4.05. The van der Waals surface area contributed by atoms with Gasteiger partial charge in [0.25, 0.3) is 5.91 Å². The summed E-state index contributed by atoms with van der Waals surface area (Å²) >= 11 is 0. The molecule has 2 amide bonds. The molecule has 1 aliphatic rings. The Balaban J connectivity index is 1.43. The number of aryl methyl sites for hydroxylation is 2. The highest BCUT2D eigenvalue weighted by atomic mass is 16.5. The number of benzene rings is 2. The van der Waals surface area contributed by atoms with Crippen LogP contribution in [0.3, 0.4) is 0 Å². The Morgan fingerprint density at radius 1 is 1.06 bits per heavy atom. The fourth-order valence-electron chi connectivity index (χ4n) is 4.05. The summed E-state index contributed by atoms with van der Waals surface area (Å²) in [5.41, 5.74) is 3.78. The maximum atomic E-state index is 12.9. The Kier molecular flexibility index (Phi) is 6.73. The lowest BCUT2D eigenvalue weighted by molar-refractivity contribution is -0.132. The van der Waals surface area contributed by atoms with E-state index in [-0.39, 0.29) is 31.5 Å². The van der Waals surface area contributed by atoms with Gasteiger partial charge in [0.15, 0.2) is 6.61 Å². The molecule has 0 radical (unpaired) electrons. The topological polar surface area (TPSA) is 76.5 Å². The average molecular weight is 435 g/mol. The number of piperidine rings is 1. The molecule has 1 N–H and O–H groups in total. The van der Waals surface area contributed by atoms with Crippen molar-refractivity contribution in [2.75, 3.05) is 19.7 Å². The van der Waals surface area contributed by atoms with Crippen molar-refractivity contribution < 1.29 is 14.3 Å². The minimum Gasteiger partial charge on any atom is -0.483 e. The summed E-state index contributed by atoms with van der Waals surface area (Å²) in [6.45, 7) is 5.95. The molecular formula is C25H30N4O3. The number of fused-ring (bicyclic) bond motifs is 1. The van der Waals surface area contributed by atoms with Crippen LogP contribution >= 0.6 is 0 Å². The van der Waals surface area contributed by atoms with E-state index in [1.54, 1.807) is 0 Å². The van der Waals surface area contributed by atoms with Gasteiger partial charge in [0.05, 0.1) is 17.6 Å². The third-order valence-corrected chi connectivity index (χ3v) is 5.88. The number of imidazole rings is 1. The largest absolute Gasteiger partial charge is 0.483 e. The zero-order valence-electron chi connectivity index (χ0n) is 18.8. The van der Waals surface area contributed by atoms with Gasteiger partial charge in [-0.15, -0.1) is 0 Å². The number of aromatic nitrogens is 2. The normalized spacial score (nSPS) is 13.9. The Labute approximate surface area is 188 Å². The van der Waals surface area contributed by atoms with Gasteiger partial charge in [-0.1, -0.05) is 24.3 Å². The van der Waals surface area contributed by atoms with E-state index in [9.17, 15) is 9.59 Å². The number of nitrogens with one attached hydrogen (secondary N) is 1. The molecule has 0 spiro atoms. The molecule has 1 aliphatic heterocycles. The fraction of sp³-hybridized carbons (Fsp3) is 0.400. The lowest BCUT2D eigenvalue weighted by atomic mass is 10.1. The Morgan fingerprint density at radius 2 is 1.84 bits per heavy atom. The van der Waals surface area contributed by atoms with E-state index in [0.717, 1.165) is 48.1 Å². The quantitative estimate of drug-likeness (QED) is 0.619. The first-order chi connectivity index (χ1) is 15.5. The number of hydrogen-bond donors (Lipinski definition) is 1. The second-order valence-corrected chi connectivity index (χ2v) is 8.38. The summed E-state index contributed by atoms with van der Waals surface area (Å²) in [6, 6.07) is 13.7. The molecule has 168 valence electrons. The van der Waals surface area contributed by atoms with Gasteiger partial charge in [-0.25, -0.2) is 4.98 Å². The van der Waals surface area contributed by atoms with E-state index >= 15 is 0 Å². The smallest absolute Gasteiger partial charge is 0.258 e. The van der Waals surface area contributed by atoms with Crippen molar-refractivity contribution in [2.45, 2.75) is 46.2 Å². The van der Waals surface area contributed by atoms with E-state index in [1.165, 1.54) is 6.42 Å². The summed E-state index contributed by atoms with van der Waals surface area (Å²) in [6.07, 6.45) is 3.29. The van der Waals surface area contributed by atoms with E-state index in [0.29, 0.717) is 11.6 Å². The van der Waals surface area contributed by atoms with E-state index in [4.69, 9.17) is 4.74 Å². The summed E-state index contributed by atoms with van der Waals surface area (Å²) in [5, 5.41) is 2.89. The van der Waals surface area contributed by atoms with Crippen LogP contribution in [-0.2, 0) is 22.7 Å². The maximum Gasteiger partial charge on any atom is 0.258 e. The predicted octanol–water partition coefficient (Wildman–Crippen LogP) is 3.36. The first-order valence-electron chi connectivity index (χ1n) is 11.2. The molecule has 7 nitrogen and oxygen atoms in total. The number of likely N-dealkylation sites (tertiary alicyclic amines) is 1. The number of amides is 2. The lowest BCUT2D eigenvalue weighted by Crippen LogP contribution is -2.38. The molecule has 3 aromatic rings. The molecule has 1 aromatic heterocycles. The van der Waals surface area contributed by atoms with E-state index in [2.05, 4.69) is 10.3 Å². The average Bonchev–Trinajstić information content (AvgIpc) is 3.16. The van der Waals surface area contributed by atoms with Crippen LogP contribution in [0.4, 0.5) is 0 Å². The van der Waals surface area contributed by atoms with Gasteiger partial charge in [0, 0.05) is 13.1 Å². The zero-order chi connectivity index (χ0) is 22.5. The van der Waals surface area contributed by atoms with Gasteiger partial charge < -0.3 is 19.5 Å². The van der Waals surface area contributed by atoms with Crippen LogP contribution < -0.4 is 10.1 Å². The molecule has 1 saturated heterocycles. The van der Waals surface area contributed by atoms with Crippen LogP contribution in [0, 0.1) is 13.8 Å². The van der Waals surface area contributed by atoms with Crippen LogP contribution in [0.15, 0.2) is 42.5 Å². The number of ether oxygens (including phenoxy) is 1. The molecule has 0 saturated carbocycles. The van der Waals surface area contributed by atoms with Crippen molar-refractivity contribution in [3.8, 4) is 5.75 Å². The SMILES string of the molecule is Cc1ccc(C)c(OCC(=O)NCc2nc3ccccc3n2CC(=O)N2CCCCC2)c1.